The van der Waals surface area contributed by atoms with Crippen LogP contribution in [-0.2, 0) is 4.79 Å². The molecule has 1 heterocycles. The lowest BCUT2D eigenvalue weighted by Gasteiger charge is -2.09. The van der Waals surface area contributed by atoms with Gasteiger partial charge in [0, 0.05) is 36.6 Å². The van der Waals surface area contributed by atoms with Crippen LogP contribution in [0.25, 0.3) is 0 Å². The molecule has 2 aromatic rings. The minimum absolute atomic E-state index is 0. The second-order valence-corrected chi connectivity index (χ2v) is 4.74. The van der Waals surface area contributed by atoms with E-state index in [-0.39, 0.29) is 24.4 Å². The molecule has 3 N–H and O–H groups in total. The molecule has 0 spiro atoms. The molecule has 2 rings (SSSR count). The van der Waals surface area contributed by atoms with Gasteiger partial charge in [-0.3, -0.25) is 9.78 Å². The zero-order valence-corrected chi connectivity index (χ0v) is 13.0. The van der Waals surface area contributed by atoms with E-state index in [2.05, 4.69) is 15.3 Å². The highest BCUT2D eigenvalue weighted by Gasteiger charge is 2.05. The van der Waals surface area contributed by atoms with Crippen molar-refractivity contribution in [2.24, 2.45) is 5.73 Å². The van der Waals surface area contributed by atoms with Gasteiger partial charge in [-0.2, -0.15) is 0 Å². The first kappa shape index (κ1) is 17.9. The molecule has 0 radical (unpaired) electrons. The van der Waals surface area contributed by atoms with E-state index in [0.717, 1.165) is 0 Å². The molecule has 0 fully saturated rings. The minimum atomic E-state index is -0.0658. The average Bonchev–Trinajstić information content (AvgIpc) is 2.46. The lowest BCUT2D eigenvalue weighted by atomic mass is 10.2. The smallest absolute Gasteiger partial charge is 0.237 e. The number of aromatic nitrogens is 2. The van der Waals surface area contributed by atoms with Gasteiger partial charge < -0.3 is 15.8 Å². The summed E-state index contributed by atoms with van der Waals surface area (Å²) in [5.74, 6) is 0.919. The quantitative estimate of drug-likeness (QED) is 0.853. The predicted octanol–water partition coefficient (Wildman–Crippen LogP) is 2.76. The monoisotopic (exact) mass is 322 g/mol. The average molecular weight is 323 g/mol. The standard InChI is InChI=1S/C15H18N4O2.ClH/c1-11(16)5-6-14(20)19-12-3-2-4-13(9-12)21-15-10-17-7-8-18-15;/h2-4,7-11H,5-6,16H2,1H3,(H,19,20);1H. The Morgan fingerprint density at radius 1 is 1.41 bits per heavy atom. The van der Waals surface area contributed by atoms with E-state index in [1.165, 1.54) is 6.20 Å². The van der Waals surface area contributed by atoms with E-state index < -0.39 is 0 Å². The van der Waals surface area contributed by atoms with Crippen molar-refractivity contribution in [3.63, 3.8) is 0 Å². The highest BCUT2D eigenvalue weighted by atomic mass is 35.5. The molecule has 1 unspecified atom stereocenters. The number of amides is 1. The van der Waals surface area contributed by atoms with Crippen LogP contribution >= 0.6 is 12.4 Å². The first-order chi connectivity index (χ1) is 10.1. The van der Waals surface area contributed by atoms with Gasteiger partial charge in [0.25, 0.3) is 0 Å². The van der Waals surface area contributed by atoms with Crippen molar-refractivity contribution >= 4 is 24.0 Å². The van der Waals surface area contributed by atoms with E-state index >= 15 is 0 Å². The first-order valence-electron chi connectivity index (χ1n) is 6.73. The number of nitrogens with two attached hydrogens (primary N) is 1. The van der Waals surface area contributed by atoms with Gasteiger partial charge in [-0.1, -0.05) is 6.07 Å². The van der Waals surface area contributed by atoms with E-state index in [9.17, 15) is 4.79 Å². The van der Waals surface area contributed by atoms with Crippen LogP contribution in [-0.4, -0.2) is 21.9 Å². The molecule has 0 aliphatic carbocycles. The van der Waals surface area contributed by atoms with Crippen LogP contribution in [0.2, 0.25) is 0 Å². The van der Waals surface area contributed by atoms with Gasteiger partial charge in [0.2, 0.25) is 11.8 Å². The summed E-state index contributed by atoms with van der Waals surface area (Å²) in [6.07, 6.45) is 5.69. The van der Waals surface area contributed by atoms with Crippen LogP contribution in [0.3, 0.4) is 0 Å². The third-order valence-corrected chi connectivity index (χ3v) is 2.71. The molecule has 0 saturated carbocycles. The number of hydrogen-bond donors (Lipinski definition) is 2. The van der Waals surface area contributed by atoms with E-state index in [1.54, 1.807) is 36.7 Å². The molecule has 6 nitrogen and oxygen atoms in total. The normalized spacial score (nSPS) is 11.2. The number of ether oxygens (including phenoxy) is 1. The fourth-order valence-corrected chi connectivity index (χ4v) is 1.68. The molecule has 0 aliphatic rings. The number of anilines is 1. The second-order valence-electron chi connectivity index (χ2n) is 4.74. The van der Waals surface area contributed by atoms with E-state index in [1.807, 2.05) is 6.92 Å². The SMILES string of the molecule is CC(N)CCC(=O)Nc1cccc(Oc2cnccn2)c1.Cl. The van der Waals surface area contributed by atoms with Crippen LogP contribution in [0.15, 0.2) is 42.9 Å². The predicted molar refractivity (Wildman–Crippen MR) is 87.3 cm³/mol. The summed E-state index contributed by atoms with van der Waals surface area (Å²) in [5, 5.41) is 2.81. The molecule has 1 aromatic carbocycles. The molecule has 0 aliphatic heterocycles. The molecule has 1 amide bonds. The van der Waals surface area contributed by atoms with Crippen LogP contribution in [0.1, 0.15) is 19.8 Å². The Balaban J connectivity index is 0.00000242. The first-order valence-corrected chi connectivity index (χ1v) is 6.73. The third-order valence-electron chi connectivity index (χ3n) is 2.71. The fraction of sp³-hybridized carbons (Fsp3) is 0.267. The molecule has 0 saturated heterocycles. The molecule has 118 valence electrons. The number of halogens is 1. The molecule has 0 bridgehead atoms. The molecule has 7 heteroatoms. The highest BCUT2D eigenvalue weighted by Crippen LogP contribution is 2.22. The maximum Gasteiger partial charge on any atom is 0.237 e. The Morgan fingerprint density at radius 2 is 2.23 bits per heavy atom. The minimum Gasteiger partial charge on any atom is -0.437 e. The molecule has 22 heavy (non-hydrogen) atoms. The van der Waals surface area contributed by atoms with Crippen molar-refractivity contribution in [2.75, 3.05) is 5.32 Å². The van der Waals surface area contributed by atoms with Crippen LogP contribution in [0.4, 0.5) is 5.69 Å². The Labute approximate surface area is 135 Å². The number of hydrogen-bond acceptors (Lipinski definition) is 5. The maximum atomic E-state index is 11.8. The second kappa shape index (κ2) is 8.96. The summed E-state index contributed by atoms with van der Waals surface area (Å²) in [6, 6.07) is 7.13. The van der Waals surface area contributed by atoms with Gasteiger partial charge in [-0.15, -0.1) is 12.4 Å². The lowest BCUT2D eigenvalue weighted by Crippen LogP contribution is -2.19. The van der Waals surface area contributed by atoms with Crippen LogP contribution in [0, 0.1) is 0 Å². The zero-order chi connectivity index (χ0) is 15.1. The number of nitrogens with one attached hydrogen (secondary N) is 1. The van der Waals surface area contributed by atoms with Crippen molar-refractivity contribution in [1.82, 2.24) is 9.97 Å². The van der Waals surface area contributed by atoms with Gasteiger partial charge in [-0.25, -0.2) is 4.98 Å². The van der Waals surface area contributed by atoms with Crippen LogP contribution in [0.5, 0.6) is 11.6 Å². The lowest BCUT2D eigenvalue weighted by molar-refractivity contribution is -0.116. The van der Waals surface area contributed by atoms with Crippen molar-refractivity contribution in [3.8, 4) is 11.6 Å². The van der Waals surface area contributed by atoms with Gasteiger partial charge >= 0.3 is 0 Å². The largest absolute Gasteiger partial charge is 0.437 e. The van der Waals surface area contributed by atoms with E-state index in [4.69, 9.17) is 10.5 Å². The topological polar surface area (TPSA) is 90.1 Å². The molecular weight excluding hydrogens is 304 g/mol. The Kier molecular flexibility index (Phi) is 7.28. The number of rotatable bonds is 6. The summed E-state index contributed by atoms with van der Waals surface area (Å²) in [6.45, 7) is 1.88. The van der Waals surface area contributed by atoms with Gasteiger partial charge in [-0.05, 0) is 25.5 Å². The number of carbonyl (C=O) groups is 1. The third kappa shape index (κ3) is 6.07. The Morgan fingerprint density at radius 3 is 2.91 bits per heavy atom. The van der Waals surface area contributed by atoms with Crippen molar-refractivity contribution in [1.29, 1.82) is 0 Å². The number of benzene rings is 1. The number of carbonyl (C=O) groups excluding carboxylic acids is 1. The summed E-state index contributed by atoms with van der Waals surface area (Å²) >= 11 is 0. The summed E-state index contributed by atoms with van der Waals surface area (Å²) in [7, 11) is 0. The van der Waals surface area contributed by atoms with Gasteiger partial charge in [0.1, 0.15) is 5.75 Å². The molecular formula is C15H19ClN4O2. The summed E-state index contributed by atoms with van der Waals surface area (Å²) in [5.41, 5.74) is 6.30. The van der Waals surface area contributed by atoms with Crippen LogP contribution < -0.4 is 15.8 Å². The summed E-state index contributed by atoms with van der Waals surface area (Å²) in [4.78, 5) is 19.7. The Bertz CT molecular complexity index is 593. The van der Waals surface area contributed by atoms with Gasteiger partial charge in [0.15, 0.2) is 0 Å². The number of nitrogens with zero attached hydrogens (tertiary/aromatic N) is 2. The molecule has 1 atom stereocenters. The zero-order valence-electron chi connectivity index (χ0n) is 12.2. The van der Waals surface area contributed by atoms with Gasteiger partial charge in [0.05, 0.1) is 6.20 Å². The summed E-state index contributed by atoms with van der Waals surface area (Å²) < 4.78 is 5.55. The van der Waals surface area contributed by atoms with E-state index in [0.29, 0.717) is 30.2 Å². The van der Waals surface area contributed by atoms with Crippen molar-refractivity contribution in [2.45, 2.75) is 25.8 Å². The Hall–Kier alpha value is -2.18. The molecule has 1 aromatic heterocycles. The fourth-order valence-electron chi connectivity index (χ4n) is 1.68. The van der Waals surface area contributed by atoms with Crippen molar-refractivity contribution in [3.05, 3.63) is 42.9 Å². The van der Waals surface area contributed by atoms with Crippen molar-refractivity contribution < 1.29 is 9.53 Å². The maximum absolute atomic E-state index is 11.8. The highest BCUT2D eigenvalue weighted by molar-refractivity contribution is 5.90.